The van der Waals surface area contributed by atoms with E-state index < -0.39 is 0 Å². The fraction of sp³-hybridized carbons (Fsp3) is 0.733. The van der Waals surface area contributed by atoms with Crippen molar-refractivity contribution in [1.82, 2.24) is 14.9 Å². The van der Waals surface area contributed by atoms with Gasteiger partial charge in [0.2, 0.25) is 0 Å². The predicted octanol–water partition coefficient (Wildman–Crippen LogP) is 2.46. The molecule has 3 unspecified atom stereocenters. The zero-order chi connectivity index (χ0) is 13.2. The van der Waals surface area contributed by atoms with E-state index in [2.05, 4.69) is 21.8 Å². The lowest BCUT2D eigenvalue weighted by Gasteiger charge is -2.47. The van der Waals surface area contributed by atoms with Crippen LogP contribution in [-0.2, 0) is 6.54 Å². The van der Waals surface area contributed by atoms with E-state index in [-0.39, 0.29) is 0 Å². The number of nitrogen functional groups attached to an aromatic ring is 1. The number of piperidine rings is 1. The Bertz CT molecular complexity index is 432. The van der Waals surface area contributed by atoms with E-state index in [0.29, 0.717) is 5.82 Å². The van der Waals surface area contributed by atoms with Crippen LogP contribution in [0, 0.1) is 11.8 Å². The molecule has 0 radical (unpaired) electrons. The number of hydrogen-bond acceptors (Lipinski definition) is 4. The number of rotatable bonds is 2. The molecule has 2 heterocycles. The van der Waals surface area contributed by atoms with Crippen LogP contribution in [0.5, 0.6) is 0 Å². The molecule has 19 heavy (non-hydrogen) atoms. The molecule has 3 atom stereocenters. The number of nitrogens with zero attached hydrogens (tertiary/aromatic N) is 3. The van der Waals surface area contributed by atoms with Gasteiger partial charge in [-0.05, 0) is 50.1 Å². The molecular weight excluding hydrogens is 236 g/mol. The molecule has 104 valence electrons. The van der Waals surface area contributed by atoms with E-state index >= 15 is 0 Å². The molecule has 1 aliphatic heterocycles. The highest BCUT2D eigenvalue weighted by atomic mass is 15.2. The maximum Gasteiger partial charge on any atom is 0.144 e. The van der Waals surface area contributed by atoms with Crippen LogP contribution in [0.3, 0.4) is 0 Å². The molecule has 1 saturated carbocycles. The number of fused-ring (bicyclic) bond motifs is 1. The lowest BCUT2D eigenvalue weighted by atomic mass is 9.73. The first-order valence-electron chi connectivity index (χ1n) is 7.55. The van der Waals surface area contributed by atoms with Crippen molar-refractivity contribution in [2.45, 2.75) is 51.6 Å². The van der Waals surface area contributed by atoms with E-state index in [1.54, 1.807) is 12.3 Å². The Hall–Kier alpha value is -1.16. The number of nitrogens with two attached hydrogens (primary N) is 1. The molecule has 3 rings (SSSR count). The fourth-order valence-corrected chi connectivity index (χ4v) is 4.04. The third-order valence-corrected chi connectivity index (χ3v) is 4.81. The van der Waals surface area contributed by atoms with Gasteiger partial charge in [0.1, 0.15) is 11.6 Å². The van der Waals surface area contributed by atoms with Crippen LogP contribution in [0.2, 0.25) is 0 Å². The van der Waals surface area contributed by atoms with E-state index in [9.17, 15) is 0 Å². The molecule has 4 nitrogen and oxygen atoms in total. The van der Waals surface area contributed by atoms with Gasteiger partial charge in [-0.25, -0.2) is 9.97 Å². The van der Waals surface area contributed by atoms with Gasteiger partial charge in [-0.1, -0.05) is 13.3 Å². The third kappa shape index (κ3) is 2.73. The summed E-state index contributed by atoms with van der Waals surface area (Å²) < 4.78 is 0. The van der Waals surface area contributed by atoms with Gasteiger partial charge >= 0.3 is 0 Å². The summed E-state index contributed by atoms with van der Waals surface area (Å²) in [6.45, 7) is 4.45. The van der Waals surface area contributed by atoms with Crippen LogP contribution >= 0.6 is 0 Å². The van der Waals surface area contributed by atoms with E-state index in [4.69, 9.17) is 5.73 Å². The van der Waals surface area contributed by atoms with Gasteiger partial charge in [-0.15, -0.1) is 0 Å². The van der Waals surface area contributed by atoms with Crippen molar-refractivity contribution in [3.63, 3.8) is 0 Å². The Morgan fingerprint density at radius 3 is 3.00 bits per heavy atom. The lowest BCUT2D eigenvalue weighted by Crippen LogP contribution is -2.50. The highest BCUT2D eigenvalue weighted by Gasteiger charge is 2.37. The van der Waals surface area contributed by atoms with E-state index in [1.807, 2.05) is 0 Å². The molecule has 2 fully saturated rings. The first-order valence-corrected chi connectivity index (χ1v) is 7.55. The van der Waals surface area contributed by atoms with Crippen molar-refractivity contribution < 1.29 is 0 Å². The molecule has 1 aromatic heterocycles. The molecule has 0 aromatic carbocycles. The van der Waals surface area contributed by atoms with Crippen LogP contribution < -0.4 is 5.73 Å². The van der Waals surface area contributed by atoms with Crippen LogP contribution in [0.1, 0.15) is 44.9 Å². The largest absolute Gasteiger partial charge is 0.384 e. The first kappa shape index (κ1) is 12.9. The molecule has 0 bridgehead atoms. The summed E-state index contributed by atoms with van der Waals surface area (Å²) in [4.78, 5) is 11.3. The van der Waals surface area contributed by atoms with Gasteiger partial charge in [0.25, 0.3) is 0 Å². The monoisotopic (exact) mass is 260 g/mol. The minimum Gasteiger partial charge on any atom is -0.384 e. The molecule has 4 heteroatoms. The van der Waals surface area contributed by atoms with E-state index in [1.165, 1.54) is 38.6 Å². The minimum atomic E-state index is 0.579. The highest BCUT2D eigenvalue weighted by molar-refractivity contribution is 5.25. The Morgan fingerprint density at radius 1 is 1.32 bits per heavy atom. The van der Waals surface area contributed by atoms with Gasteiger partial charge in [0.15, 0.2) is 0 Å². The highest BCUT2D eigenvalue weighted by Crippen LogP contribution is 2.38. The van der Waals surface area contributed by atoms with Crippen LogP contribution in [0.25, 0.3) is 0 Å². The first-order chi connectivity index (χ1) is 9.24. The van der Waals surface area contributed by atoms with Crippen LogP contribution in [0.4, 0.5) is 5.82 Å². The minimum absolute atomic E-state index is 0.579. The number of hydrogen-bond donors (Lipinski definition) is 1. The van der Waals surface area contributed by atoms with Crippen molar-refractivity contribution in [1.29, 1.82) is 0 Å². The maximum absolute atomic E-state index is 5.75. The second-order valence-corrected chi connectivity index (χ2v) is 6.17. The molecular formula is C15H24N4. The summed E-state index contributed by atoms with van der Waals surface area (Å²) in [6.07, 6.45) is 8.67. The summed E-state index contributed by atoms with van der Waals surface area (Å²) >= 11 is 0. The maximum atomic E-state index is 5.75. The van der Waals surface area contributed by atoms with Crippen LogP contribution in [-0.4, -0.2) is 27.5 Å². The van der Waals surface area contributed by atoms with E-state index in [0.717, 1.165) is 30.2 Å². The van der Waals surface area contributed by atoms with Gasteiger partial charge in [0, 0.05) is 12.2 Å². The number of likely N-dealkylation sites (tertiary alicyclic amines) is 1. The number of aromatic nitrogens is 2. The molecule has 1 aromatic rings. The molecule has 0 spiro atoms. The summed E-state index contributed by atoms with van der Waals surface area (Å²) in [5.41, 5.74) is 5.75. The zero-order valence-corrected chi connectivity index (χ0v) is 11.8. The van der Waals surface area contributed by atoms with Crippen LogP contribution in [0.15, 0.2) is 12.3 Å². The Kier molecular flexibility index (Phi) is 3.69. The topological polar surface area (TPSA) is 55.0 Å². The van der Waals surface area contributed by atoms with Gasteiger partial charge < -0.3 is 5.73 Å². The standard InChI is InChI=1S/C15H24N4/c1-11-4-2-5-12-6-3-9-19(15(11)12)10-14-17-8-7-13(16)18-14/h7-8,11-12,15H,2-6,9-10H2,1H3,(H2,16,17,18). The quantitative estimate of drug-likeness (QED) is 0.887. The molecule has 1 aliphatic carbocycles. The molecule has 2 N–H and O–H groups in total. The Balaban J connectivity index is 1.75. The third-order valence-electron chi connectivity index (χ3n) is 4.81. The summed E-state index contributed by atoms with van der Waals surface area (Å²) in [5.74, 6) is 3.15. The second kappa shape index (κ2) is 5.45. The normalized spacial score (nSPS) is 31.9. The zero-order valence-electron chi connectivity index (χ0n) is 11.8. The van der Waals surface area contributed by atoms with Crippen molar-refractivity contribution in [2.75, 3.05) is 12.3 Å². The van der Waals surface area contributed by atoms with Crippen molar-refractivity contribution in [3.05, 3.63) is 18.1 Å². The summed E-state index contributed by atoms with van der Waals surface area (Å²) in [7, 11) is 0. The molecule has 0 amide bonds. The summed E-state index contributed by atoms with van der Waals surface area (Å²) in [6, 6.07) is 2.48. The average molecular weight is 260 g/mol. The Morgan fingerprint density at radius 2 is 2.16 bits per heavy atom. The van der Waals surface area contributed by atoms with Gasteiger partial charge in [-0.2, -0.15) is 0 Å². The van der Waals surface area contributed by atoms with Crippen molar-refractivity contribution >= 4 is 5.82 Å². The second-order valence-electron chi connectivity index (χ2n) is 6.17. The van der Waals surface area contributed by atoms with Crippen molar-refractivity contribution in [2.24, 2.45) is 11.8 Å². The van der Waals surface area contributed by atoms with Crippen molar-refractivity contribution in [3.8, 4) is 0 Å². The van der Waals surface area contributed by atoms with Gasteiger partial charge in [0.05, 0.1) is 6.54 Å². The molecule has 2 aliphatic rings. The van der Waals surface area contributed by atoms with Gasteiger partial charge in [-0.3, -0.25) is 4.90 Å². The predicted molar refractivity (Wildman–Crippen MR) is 76.4 cm³/mol. The SMILES string of the molecule is CC1CCCC2CCCN(Cc3nccc(N)n3)C12. The average Bonchev–Trinajstić information content (AvgIpc) is 2.39. The Labute approximate surface area is 115 Å². The summed E-state index contributed by atoms with van der Waals surface area (Å²) in [5, 5.41) is 0. The smallest absolute Gasteiger partial charge is 0.144 e. The molecule has 1 saturated heterocycles. The number of anilines is 1. The lowest BCUT2D eigenvalue weighted by molar-refractivity contribution is 0.0179. The fourth-order valence-electron chi connectivity index (χ4n) is 4.04.